The lowest BCUT2D eigenvalue weighted by molar-refractivity contribution is -0.121. The molecule has 0 aliphatic heterocycles. The Kier molecular flexibility index (Phi) is 4.27. The summed E-state index contributed by atoms with van der Waals surface area (Å²) >= 11 is 0. The standard InChI is InChI=1S/C22H25N3O/c1-22(2)10-9-15-6-3-4-7-17(15)19(13-22)25-20(26)12-16-14-24-21-18(16)8-5-11-23-21/h3-8,11,14,19H,9-10,12-13H2,1-2H3,(H,23,24)(H,25,26). The third-order valence-corrected chi connectivity index (χ3v) is 5.48. The molecule has 4 nitrogen and oxygen atoms in total. The molecule has 26 heavy (non-hydrogen) atoms. The number of H-pyrrole nitrogens is 1. The first kappa shape index (κ1) is 16.8. The van der Waals surface area contributed by atoms with Crippen molar-refractivity contribution in [3.63, 3.8) is 0 Å². The molecule has 0 radical (unpaired) electrons. The van der Waals surface area contributed by atoms with Crippen LogP contribution in [0.15, 0.2) is 48.8 Å². The Labute approximate surface area is 154 Å². The van der Waals surface area contributed by atoms with E-state index in [0.29, 0.717) is 6.42 Å². The van der Waals surface area contributed by atoms with E-state index in [9.17, 15) is 4.79 Å². The van der Waals surface area contributed by atoms with Gasteiger partial charge < -0.3 is 10.3 Å². The molecule has 134 valence electrons. The summed E-state index contributed by atoms with van der Waals surface area (Å²) in [5.41, 5.74) is 4.66. The fourth-order valence-electron chi connectivity index (χ4n) is 4.05. The number of carbonyl (C=O) groups excluding carboxylic acids is 1. The molecular weight excluding hydrogens is 322 g/mol. The van der Waals surface area contributed by atoms with Gasteiger partial charge in [0.05, 0.1) is 12.5 Å². The molecule has 0 bridgehead atoms. The highest BCUT2D eigenvalue weighted by Gasteiger charge is 2.30. The third-order valence-electron chi connectivity index (χ3n) is 5.48. The highest BCUT2D eigenvalue weighted by molar-refractivity contribution is 5.87. The van der Waals surface area contributed by atoms with Crippen LogP contribution in [-0.4, -0.2) is 15.9 Å². The number of fused-ring (bicyclic) bond motifs is 2. The highest BCUT2D eigenvalue weighted by Crippen LogP contribution is 2.39. The van der Waals surface area contributed by atoms with E-state index in [0.717, 1.165) is 35.9 Å². The van der Waals surface area contributed by atoms with Gasteiger partial charge in [-0.05, 0) is 53.5 Å². The maximum absolute atomic E-state index is 12.8. The van der Waals surface area contributed by atoms with Crippen molar-refractivity contribution in [3.05, 3.63) is 65.5 Å². The van der Waals surface area contributed by atoms with Gasteiger partial charge in [0.25, 0.3) is 0 Å². The van der Waals surface area contributed by atoms with Gasteiger partial charge in [-0.15, -0.1) is 0 Å². The molecule has 4 heteroatoms. The smallest absolute Gasteiger partial charge is 0.224 e. The van der Waals surface area contributed by atoms with E-state index < -0.39 is 0 Å². The second-order valence-corrected chi connectivity index (χ2v) is 8.08. The number of rotatable bonds is 3. The Morgan fingerprint density at radius 1 is 1.27 bits per heavy atom. The maximum atomic E-state index is 12.8. The molecule has 1 amide bonds. The van der Waals surface area contributed by atoms with Crippen molar-refractivity contribution in [2.45, 2.75) is 45.6 Å². The van der Waals surface area contributed by atoms with Crippen LogP contribution in [-0.2, 0) is 17.6 Å². The van der Waals surface area contributed by atoms with Crippen molar-refractivity contribution in [2.75, 3.05) is 0 Å². The lowest BCUT2D eigenvalue weighted by atomic mass is 9.83. The molecule has 1 aliphatic carbocycles. The Bertz CT molecular complexity index is 941. The average molecular weight is 347 g/mol. The number of benzene rings is 1. The molecule has 1 aromatic carbocycles. The number of carbonyl (C=O) groups is 1. The van der Waals surface area contributed by atoms with Gasteiger partial charge in [0.1, 0.15) is 5.65 Å². The molecule has 1 unspecified atom stereocenters. The van der Waals surface area contributed by atoms with Crippen LogP contribution >= 0.6 is 0 Å². The van der Waals surface area contributed by atoms with Crippen LogP contribution in [0.1, 0.15) is 49.4 Å². The van der Waals surface area contributed by atoms with Crippen molar-refractivity contribution in [3.8, 4) is 0 Å². The predicted octanol–water partition coefficient (Wildman–Crippen LogP) is 4.33. The Balaban J connectivity index is 1.56. The summed E-state index contributed by atoms with van der Waals surface area (Å²) in [6, 6.07) is 12.5. The zero-order chi connectivity index (χ0) is 18.1. The summed E-state index contributed by atoms with van der Waals surface area (Å²) in [6.45, 7) is 4.59. The van der Waals surface area contributed by atoms with Crippen LogP contribution in [0.2, 0.25) is 0 Å². The molecule has 2 aromatic heterocycles. The summed E-state index contributed by atoms with van der Waals surface area (Å²) in [6.07, 6.45) is 7.19. The minimum absolute atomic E-state index is 0.0623. The first-order chi connectivity index (χ1) is 12.5. The van der Waals surface area contributed by atoms with Crippen molar-refractivity contribution < 1.29 is 4.79 Å². The first-order valence-corrected chi connectivity index (χ1v) is 9.30. The number of nitrogens with one attached hydrogen (secondary N) is 2. The summed E-state index contributed by atoms with van der Waals surface area (Å²) in [4.78, 5) is 20.3. The lowest BCUT2D eigenvalue weighted by Crippen LogP contribution is -2.32. The first-order valence-electron chi connectivity index (χ1n) is 9.30. The normalized spacial score (nSPS) is 18.9. The second kappa shape index (κ2) is 6.60. The molecule has 0 saturated carbocycles. The molecule has 4 rings (SSSR count). The zero-order valence-electron chi connectivity index (χ0n) is 15.4. The number of aromatic nitrogens is 2. The van der Waals surface area contributed by atoms with Crippen molar-refractivity contribution in [1.82, 2.24) is 15.3 Å². The molecule has 3 aromatic rings. The van der Waals surface area contributed by atoms with Gasteiger partial charge in [-0.1, -0.05) is 38.1 Å². The summed E-state index contributed by atoms with van der Waals surface area (Å²) in [5.74, 6) is 0.0623. The van der Waals surface area contributed by atoms with E-state index in [-0.39, 0.29) is 17.4 Å². The Morgan fingerprint density at radius 2 is 2.12 bits per heavy atom. The van der Waals surface area contributed by atoms with Crippen LogP contribution in [0.25, 0.3) is 11.0 Å². The lowest BCUT2D eigenvalue weighted by Gasteiger charge is -2.27. The summed E-state index contributed by atoms with van der Waals surface area (Å²) < 4.78 is 0. The predicted molar refractivity (Wildman–Crippen MR) is 104 cm³/mol. The van der Waals surface area contributed by atoms with Gasteiger partial charge in [0.2, 0.25) is 5.91 Å². The van der Waals surface area contributed by atoms with E-state index >= 15 is 0 Å². The minimum atomic E-state index is 0.0623. The molecule has 2 N–H and O–H groups in total. The van der Waals surface area contributed by atoms with Gasteiger partial charge >= 0.3 is 0 Å². The van der Waals surface area contributed by atoms with E-state index in [1.54, 1.807) is 6.20 Å². The molecule has 1 aliphatic rings. The Morgan fingerprint density at radius 3 is 3.00 bits per heavy atom. The number of amides is 1. The van der Waals surface area contributed by atoms with Gasteiger partial charge in [-0.3, -0.25) is 4.79 Å². The minimum Gasteiger partial charge on any atom is -0.349 e. The van der Waals surface area contributed by atoms with E-state index in [1.165, 1.54) is 11.1 Å². The van der Waals surface area contributed by atoms with Crippen LogP contribution in [0.3, 0.4) is 0 Å². The van der Waals surface area contributed by atoms with Gasteiger partial charge in [0, 0.05) is 17.8 Å². The van der Waals surface area contributed by atoms with Crippen molar-refractivity contribution in [1.29, 1.82) is 0 Å². The van der Waals surface area contributed by atoms with Crippen molar-refractivity contribution in [2.24, 2.45) is 5.41 Å². The highest BCUT2D eigenvalue weighted by atomic mass is 16.1. The molecular formula is C22H25N3O. The van der Waals surface area contributed by atoms with Crippen LogP contribution in [0, 0.1) is 5.41 Å². The van der Waals surface area contributed by atoms with Crippen LogP contribution < -0.4 is 5.32 Å². The van der Waals surface area contributed by atoms with E-state index in [1.807, 2.05) is 18.3 Å². The van der Waals surface area contributed by atoms with Gasteiger partial charge in [0.15, 0.2) is 0 Å². The monoisotopic (exact) mass is 347 g/mol. The number of hydrogen-bond donors (Lipinski definition) is 2. The van der Waals surface area contributed by atoms with Gasteiger partial charge in [-0.25, -0.2) is 4.98 Å². The summed E-state index contributed by atoms with van der Waals surface area (Å²) in [5, 5.41) is 4.32. The molecule has 0 fully saturated rings. The molecule has 0 spiro atoms. The molecule has 1 atom stereocenters. The van der Waals surface area contributed by atoms with E-state index in [2.05, 4.69) is 53.4 Å². The largest absolute Gasteiger partial charge is 0.349 e. The third kappa shape index (κ3) is 3.36. The topological polar surface area (TPSA) is 57.8 Å². The van der Waals surface area contributed by atoms with Gasteiger partial charge in [-0.2, -0.15) is 0 Å². The number of pyridine rings is 1. The fraction of sp³-hybridized carbons (Fsp3) is 0.364. The van der Waals surface area contributed by atoms with Crippen LogP contribution in [0.5, 0.6) is 0 Å². The van der Waals surface area contributed by atoms with Crippen molar-refractivity contribution >= 4 is 16.9 Å². The Hall–Kier alpha value is -2.62. The second-order valence-electron chi connectivity index (χ2n) is 8.08. The number of aromatic amines is 1. The maximum Gasteiger partial charge on any atom is 0.224 e. The number of nitrogens with zero attached hydrogens (tertiary/aromatic N) is 1. The number of aryl methyl sites for hydroxylation is 1. The molecule has 0 saturated heterocycles. The van der Waals surface area contributed by atoms with Crippen LogP contribution in [0.4, 0.5) is 0 Å². The van der Waals surface area contributed by atoms with E-state index in [4.69, 9.17) is 0 Å². The zero-order valence-corrected chi connectivity index (χ0v) is 15.4. The quantitative estimate of drug-likeness (QED) is 0.693. The SMILES string of the molecule is CC1(C)CCc2ccccc2C(NC(=O)Cc2c[nH]c3ncccc23)C1. The average Bonchev–Trinajstić information content (AvgIpc) is 2.97. The number of hydrogen-bond acceptors (Lipinski definition) is 2. The fourth-order valence-corrected chi connectivity index (χ4v) is 4.05. The summed E-state index contributed by atoms with van der Waals surface area (Å²) in [7, 11) is 0. The molecule has 2 heterocycles.